The van der Waals surface area contributed by atoms with Crippen LogP contribution in [0.1, 0.15) is 23.2 Å². The number of carbonyl (C=O) groups excluding carboxylic acids is 1. The number of hydrogen-bond donors (Lipinski definition) is 2. The lowest BCUT2D eigenvalue weighted by Crippen LogP contribution is -2.41. The molecule has 1 atom stereocenters. The molecule has 1 aromatic rings. The molecule has 1 fully saturated rings. The number of rotatable bonds is 5. The summed E-state index contributed by atoms with van der Waals surface area (Å²) in [5.74, 6) is 0.0908. The SMILES string of the molecule is NCC(NC(=O)c1ccc([N+](=O)[O-])cc1Cl)C1CC1. The van der Waals surface area contributed by atoms with Gasteiger partial charge in [0, 0.05) is 24.7 Å². The van der Waals surface area contributed by atoms with Gasteiger partial charge in [-0.2, -0.15) is 0 Å². The van der Waals surface area contributed by atoms with E-state index in [0.29, 0.717) is 12.5 Å². The largest absolute Gasteiger partial charge is 0.348 e. The fourth-order valence-electron chi connectivity index (χ4n) is 1.92. The van der Waals surface area contributed by atoms with Gasteiger partial charge in [0.25, 0.3) is 11.6 Å². The molecule has 0 aromatic heterocycles. The Morgan fingerprint density at radius 3 is 2.74 bits per heavy atom. The summed E-state index contributed by atoms with van der Waals surface area (Å²) >= 11 is 5.89. The zero-order valence-electron chi connectivity index (χ0n) is 10.1. The quantitative estimate of drug-likeness (QED) is 0.635. The lowest BCUT2D eigenvalue weighted by molar-refractivity contribution is -0.384. The molecule has 6 nitrogen and oxygen atoms in total. The third kappa shape index (κ3) is 3.21. The Labute approximate surface area is 115 Å². The highest BCUT2D eigenvalue weighted by atomic mass is 35.5. The van der Waals surface area contributed by atoms with Gasteiger partial charge in [-0.15, -0.1) is 0 Å². The number of halogens is 1. The van der Waals surface area contributed by atoms with E-state index in [4.69, 9.17) is 17.3 Å². The van der Waals surface area contributed by atoms with Gasteiger partial charge in [0.05, 0.1) is 15.5 Å². The second-order valence-electron chi connectivity index (χ2n) is 4.57. The number of nitro groups is 1. The molecule has 0 heterocycles. The van der Waals surface area contributed by atoms with Crippen LogP contribution >= 0.6 is 11.6 Å². The van der Waals surface area contributed by atoms with Gasteiger partial charge in [-0.25, -0.2) is 0 Å². The maximum atomic E-state index is 12.0. The molecule has 19 heavy (non-hydrogen) atoms. The zero-order chi connectivity index (χ0) is 14.0. The van der Waals surface area contributed by atoms with E-state index in [9.17, 15) is 14.9 Å². The summed E-state index contributed by atoms with van der Waals surface area (Å²) in [6.45, 7) is 0.376. The van der Waals surface area contributed by atoms with Gasteiger partial charge < -0.3 is 11.1 Å². The number of carbonyl (C=O) groups is 1. The van der Waals surface area contributed by atoms with Crippen molar-refractivity contribution in [2.75, 3.05) is 6.54 Å². The number of amides is 1. The number of benzene rings is 1. The van der Waals surface area contributed by atoms with Crippen molar-refractivity contribution < 1.29 is 9.72 Å². The average Bonchev–Trinajstić information content (AvgIpc) is 3.19. The average molecular weight is 284 g/mol. The number of non-ortho nitro benzene ring substituents is 1. The molecule has 0 bridgehead atoms. The van der Waals surface area contributed by atoms with Crippen LogP contribution in [0.2, 0.25) is 5.02 Å². The first-order chi connectivity index (χ1) is 9.02. The van der Waals surface area contributed by atoms with E-state index in [2.05, 4.69) is 5.32 Å². The first kappa shape index (κ1) is 13.8. The Balaban J connectivity index is 2.12. The maximum absolute atomic E-state index is 12.0. The van der Waals surface area contributed by atoms with Crippen molar-refractivity contribution in [1.82, 2.24) is 5.32 Å². The predicted molar refractivity (Wildman–Crippen MR) is 71.1 cm³/mol. The monoisotopic (exact) mass is 283 g/mol. The van der Waals surface area contributed by atoms with Gasteiger partial charge in [-0.1, -0.05) is 11.6 Å². The summed E-state index contributed by atoms with van der Waals surface area (Å²) in [6.07, 6.45) is 2.13. The van der Waals surface area contributed by atoms with Crippen molar-refractivity contribution in [3.8, 4) is 0 Å². The molecule has 1 aliphatic carbocycles. The number of nitro benzene ring substituents is 1. The fourth-order valence-corrected chi connectivity index (χ4v) is 2.18. The third-order valence-electron chi connectivity index (χ3n) is 3.17. The summed E-state index contributed by atoms with van der Waals surface area (Å²) in [7, 11) is 0. The van der Waals surface area contributed by atoms with Gasteiger partial charge in [-0.3, -0.25) is 14.9 Å². The Hall–Kier alpha value is -1.66. The molecule has 3 N–H and O–H groups in total. The highest BCUT2D eigenvalue weighted by Gasteiger charge is 2.31. The number of nitrogens with one attached hydrogen (secondary N) is 1. The van der Waals surface area contributed by atoms with Crippen LogP contribution in [0.25, 0.3) is 0 Å². The molecule has 1 unspecified atom stereocenters. The lowest BCUT2D eigenvalue weighted by atomic mass is 10.1. The van der Waals surface area contributed by atoms with E-state index in [0.717, 1.165) is 12.8 Å². The Kier molecular flexibility index (Phi) is 4.01. The van der Waals surface area contributed by atoms with E-state index >= 15 is 0 Å². The lowest BCUT2D eigenvalue weighted by Gasteiger charge is -2.16. The minimum absolute atomic E-state index is 0.0567. The Morgan fingerprint density at radius 1 is 1.58 bits per heavy atom. The molecule has 7 heteroatoms. The second kappa shape index (κ2) is 5.54. The minimum Gasteiger partial charge on any atom is -0.348 e. The Bertz CT molecular complexity index is 517. The normalized spacial score (nSPS) is 15.9. The molecule has 1 aromatic carbocycles. The minimum atomic E-state index is -0.555. The molecular formula is C12H14ClN3O3. The van der Waals surface area contributed by atoms with Gasteiger partial charge >= 0.3 is 0 Å². The summed E-state index contributed by atoms with van der Waals surface area (Å²) in [4.78, 5) is 22.1. The first-order valence-corrected chi connectivity index (χ1v) is 6.35. The molecule has 2 rings (SSSR count). The molecular weight excluding hydrogens is 270 g/mol. The Morgan fingerprint density at radius 2 is 2.26 bits per heavy atom. The zero-order valence-corrected chi connectivity index (χ0v) is 10.9. The van der Waals surface area contributed by atoms with Crippen LogP contribution in [0.4, 0.5) is 5.69 Å². The summed E-state index contributed by atoms with van der Waals surface area (Å²) in [5.41, 5.74) is 5.69. The van der Waals surface area contributed by atoms with E-state index in [1.165, 1.54) is 18.2 Å². The van der Waals surface area contributed by atoms with E-state index in [-0.39, 0.29) is 28.2 Å². The van der Waals surface area contributed by atoms with Crippen LogP contribution in [0.5, 0.6) is 0 Å². The van der Waals surface area contributed by atoms with Crippen molar-refractivity contribution in [1.29, 1.82) is 0 Å². The molecule has 1 amide bonds. The summed E-state index contributed by atoms with van der Waals surface area (Å²) in [6, 6.07) is 3.73. The van der Waals surface area contributed by atoms with Crippen LogP contribution in [-0.2, 0) is 0 Å². The topological polar surface area (TPSA) is 98.3 Å². The molecule has 0 spiro atoms. The van der Waals surface area contributed by atoms with E-state index in [1.807, 2.05) is 0 Å². The van der Waals surface area contributed by atoms with Crippen molar-refractivity contribution in [2.24, 2.45) is 11.7 Å². The van der Waals surface area contributed by atoms with Gasteiger partial charge in [0.15, 0.2) is 0 Å². The number of hydrogen-bond acceptors (Lipinski definition) is 4. The van der Waals surface area contributed by atoms with Crippen molar-refractivity contribution in [3.05, 3.63) is 38.9 Å². The smallest absolute Gasteiger partial charge is 0.270 e. The predicted octanol–water partition coefficient (Wildman–Crippen LogP) is 1.72. The number of nitrogens with two attached hydrogens (primary N) is 1. The van der Waals surface area contributed by atoms with E-state index in [1.54, 1.807) is 0 Å². The van der Waals surface area contributed by atoms with Crippen LogP contribution in [0.15, 0.2) is 18.2 Å². The van der Waals surface area contributed by atoms with Gasteiger partial charge in [-0.05, 0) is 24.8 Å². The molecule has 0 radical (unpaired) electrons. The maximum Gasteiger partial charge on any atom is 0.270 e. The van der Waals surface area contributed by atoms with Crippen molar-refractivity contribution >= 4 is 23.2 Å². The van der Waals surface area contributed by atoms with Crippen molar-refractivity contribution in [2.45, 2.75) is 18.9 Å². The number of nitrogens with zero attached hydrogens (tertiary/aromatic N) is 1. The first-order valence-electron chi connectivity index (χ1n) is 5.97. The van der Waals surface area contributed by atoms with Crippen LogP contribution in [-0.4, -0.2) is 23.4 Å². The van der Waals surface area contributed by atoms with Gasteiger partial charge in [0.1, 0.15) is 0 Å². The van der Waals surface area contributed by atoms with Crippen LogP contribution in [0.3, 0.4) is 0 Å². The van der Waals surface area contributed by atoms with E-state index < -0.39 is 4.92 Å². The standard InChI is InChI=1S/C12H14ClN3O3/c13-10-5-8(16(18)19)3-4-9(10)12(17)15-11(6-14)7-1-2-7/h3-5,7,11H,1-2,6,14H2,(H,15,17). The molecule has 0 saturated heterocycles. The molecule has 1 saturated carbocycles. The molecule has 0 aliphatic heterocycles. The summed E-state index contributed by atoms with van der Waals surface area (Å²) in [5, 5.41) is 13.5. The highest BCUT2D eigenvalue weighted by Crippen LogP contribution is 2.32. The van der Waals surface area contributed by atoms with Crippen molar-refractivity contribution in [3.63, 3.8) is 0 Å². The summed E-state index contributed by atoms with van der Waals surface area (Å²) < 4.78 is 0. The van der Waals surface area contributed by atoms with Crippen LogP contribution < -0.4 is 11.1 Å². The van der Waals surface area contributed by atoms with Gasteiger partial charge in [0.2, 0.25) is 0 Å². The fraction of sp³-hybridized carbons (Fsp3) is 0.417. The third-order valence-corrected chi connectivity index (χ3v) is 3.48. The molecule has 1 aliphatic rings. The second-order valence-corrected chi connectivity index (χ2v) is 4.98. The van der Waals surface area contributed by atoms with Crippen LogP contribution in [0, 0.1) is 16.0 Å². The molecule has 102 valence electrons. The highest BCUT2D eigenvalue weighted by molar-refractivity contribution is 6.34.